The normalized spacial score (nSPS) is 11.8. The second kappa shape index (κ2) is 9.71. The van der Waals surface area contributed by atoms with Gasteiger partial charge in [-0.25, -0.2) is 0 Å². The van der Waals surface area contributed by atoms with Crippen LogP contribution in [-0.2, 0) is 0 Å². The molecule has 0 bridgehead atoms. The van der Waals surface area contributed by atoms with E-state index in [0.29, 0.717) is 5.56 Å². The molecule has 0 saturated carbocycles. The van der Waals surface area contributed by atoms with Gasteiger partial charge in [0.05, 0.1) is 38.7 Å². The van der Waals surface area contributed by atoms with E-state index in [9.17, 15) is 5.26 Å². The van der Waals surface area contributed by atoms with Crippen molar-refractivity contribution in [3.63, 3.8) is 0 Å². The van der Waals surface area contributed by atoms with Gasteiger partial charge in [0.15, 0.2) is 0 Å². The Morgan fingerprint density at radius 2 is 1.11 bits per heavy atom. The van der Waals surface area contributed by atoms with Gasteiger partial charge in [0.25, 0.3) is 0 Å². The minimum atomic E-state index is 0.628. The first-order valence-corrected chi connectivity index (χ1v) is 15.8. The summed E-state index contributed by atoms with van der Waals surface area (Å²) in [7, 11) is 0. The van der Waals surface area contributed by atoms with Crippen molar-refractivity contribution < 1.29 is 4.42 Å². The summed E-state index contributed by atoms with van der Waals surface area (Å²) in [5.41, 5.74) is 10.7. The number of nitrogens with zero attached hydrogens (tertiary/aromatic N) is 3. The predicted molar refractivity (Wildman–Crippen MR) is 193 cm³/mol. The van der Waals surface area contributed by atoms with Crippen molar-refractivity contribution in [1.29, 1.82) is 5.26 Å². The Morgan fingerprint density at radius 3 is 1.83 bits per heavy atom. The van der Waals surface area contributed by atoms with Gasteiger partial charge in [-0.15, -0.1) is 0 Å². The quantitative estimate of drug-likeness (QED) is 0.203. The van der Waals surface area contributed by atoms with Crippen molar-refractivity contribution in [1.82, 2.24) is 9.13 Å². The molecule has 218 valence electrons. The number of benzene rings is 7. The number of hydrogen-bond acceptors (Lipinski definition) is 2. The topological polar surface area (TPSA) is 46.8 Å². The lowest BCUT2D eigenvalue weighted by atomic mass is 9.99. The SMILES string of the molecule is N#Cc1cccc(-c2cccc(-n3c4ccccc4c4ccc5oc6ccccc6c5c43)c2)c1-n1c2ccccc2c2ccccc21. The number of hydrogen-bond donors (Lipinski definition) is 0. The molecular weight excluding hydrogens is 574 g/mol. The summed E-state index contributed by atoms with van der Waals surface area (Å²) in [4.78, 5) is 0. The van der Waals surface area contributed by atoms with Crippen molar-refractivity contribution in [2.24, 2.45) is 0 Å². The molecule has 0 amide bonds. The number of rotatable bonds is 3. The molecule has 7 aromatic carbocycles. The predicted octanol–water partition coefficient (Wildman–Crippen LogP) is 11.3. The van der Waals surface area contributed by atoms with E-state index in [-0.39, 0.29) is 0 Å². The third kappa shape index (κ3) is 3.57. The van der Waals surface area contributed by atoms with Crippen LogP contribution < -0.4 is 0 Å². The number of nitriles is 1. The van der Waals surface area contributed by atoms with Crippen LogP contribution in [0.4, 0.5) is 0 Å². The molecule has 0 unspecified atom stereocenters. The molecule has 10 aromatic rings. The van der Waals surface area contributed by atoms with Crippen molar-refractivity contribution in [2.75, 3.05) is 0 Å². The Hall–Kier alpha value is -6.57. The zero-order chi connectivity index (χ0) is 31.1. The van der Waals surface area contributed by atoms with Gasteiger partial charge in [-0.2, -0.15) is 5.26 Å². The van der Waals surface area contributed by atoms with Gasteiger partial charge in [-0.3, -0.25) is 0 Å². The van der Waals surface area contributed by atoms with Gasteiger partial charge >= 0.3 is 0 Å². The van der Waals surface area contributed by atoms with E-state index in [1.54, 1.807) is 0 Å². The first-order chi connectivity index (χ1) is 23.3. The van der Waals surface area contributed by atoms with Gasteiger partial charge in [0.1, 0.15) is 17.2 Å². The highest BCUT2D eigenvalue weighted by Crippen LogP contribution is 2.42. The standard InChI is InChI=1S/C43H25N3O/c44-26-28-12-10-18-30(42(28)46-37-20-6-1-14-31(37)32-15-2-7-21-38(32)46)27-11-9-13-29(25-27)45-36-19-5-3-16-33(36)34-23-24-40-41(43(34)45)35-17-4-8-22-39(35)47-40/h1-25H. The van der Waals surface area contributed by atoms with Gasteiger partial charge in [-0.1, -0.05) is 97.1 Å². The summed E-state index contributed by atoms with van der Waals surface area (Å²) in [5.74, 6) is 0. The van der Waals surface area contributed by atoms with E-state index in [0.717, 1.165) is 77.3 Å². The largest absolute Gasteiger partial charge is 0.456 e. The molecule has 4 heteroatoms. The van der Waals surface area contributed by atoms with Crippen LogP contribution in [0.15, 0.2) is 156 Å². The highest BCUT2D eigenvalue weighted by atomic mass is 16.3. The van der Waals surface area contributed by atoms with Crippen LogP contribution in [0.5, 0.6) is 0 Å². The molecule has 0 N–H and O–H groups in total. The highest BCUT2D eigenvalue weighted by Gasteiger charge is 2.21. The third-order valence-corrected chi connectivity index (χ3v) is 9.55. The maximum atomic E-state index is 10.5. The first kappa shape index (κ1) is 25.7. The zero-order valence-electron chi connectivity index (χ0n) is 25.2. The van der Waals surface area contributed by atoms with Gasteiger partial charge in [0.2, 0.25) is 0 Å². The zero-order valence-corrected chi connectivity index (χ0v) is 25.2. The molecule has 0 fully saturated rings. The van der Waals surface area contributed by atoms with Crippen molar-refractivity contribution in [2.45, 2.75) is 0 Å². The average molecular weight is 600 g/mol. The molecule has 4 nitrogen and oxygen atoms in total. The summed E-state index contributed by atoms with van der Waals surface area (Å²) in [6, 6.07) is 55.2. The monoisotopic (exact) mass is 599 g/mol. The number of furan rings is 1. The Kier molecular flexibility index (Phi) is 5.32. The van der Waals surface area contributed by atoms with E-state index in [2.05, 4.69) is 143 Å². The van der Waals surface area contributed by atoms with Crippen LogP contribution in [0.2, 0.25) is 0 Å². The fourth-order valence-electron chi connectivity index (χ4n) is 7.62. The summed E-state index contributed by atoms with van der Waals surface area (Å²) >= 11 is 0. The van der Waals surface area contributed by atoms with Crippen LogP contribution in [0, 0.1) is 11.3 Å². The Balaban J connectivity index is 1.29. The van der Waals surface area contributed by atoms with E-state index < -0.39 is 0 Å². The summed E-state index contributed by atoms with van der Waals surface area (Å²) < 4.78 is 11.0. The fourth-order valence-corrected chi connectivity index (χ4v) is 7.62. The van der Waals surface area contributed by atoms with Gasteiger partial charge in [-0.05, 0) is 60.2 Å². The maximum Gasteiger partial charge on any atom is 0.137 e. The van der Waals surface area contributed by atoms with E-state index in [1.807, 2.05) is 24.3 Å². The molecule has 47 heavy (non-hydrogen) atoms. The molecule has 3 aromatic heterocycles. The number of fused-ring (bicyclic) bond motifs is 10. The van der Waals surface area contributed by atoms with E-state index in [1.165, 1.54) is 10.8 Å². The van der Waals surface area contributed by atoms with Gasteiger partial charge in [0, 0.05) is 38.2 Å². The molecular formula is C43H25N3O. The molecule has 0 atom stereocenters. The van der Waals surface area contributed by atoms with E-state index >= 15 is 0 Å². The van der Waals surface area contributed by atoms with Crippen molar-refractivity contribution in [3.8, 4) is 28.6 Å². The first-order valence-electron chi connectivity index (χ1n) is 15.8. The molecule has 0 aliphatic heterocycles. The molecule has 0 aliphatic carbocycles. The van der Waals surface area contributed by atoms with Crippen molar-refractivity contribution >= 4 is 65.6 Å². The lowest BCUT2D eigenvalue weighted by Gasteiger charge is -2.17. The van der Waals surface area contributed by atoms with Crippen LogP contribution >= 0.6 is 0 Å². The van der Waals surface area contributed by atoms with E-state index in [4.69, 9.17) is 4.42 Å². The van der Waals surface area contributed by atoms with Gasteiger partial charge < -0.3 is 13.6 Å². The summed E-state index contributed by atoms with van der Waals surface area (Å²) in [6.07, 6.45) is 0. The fraction of sp³-hybridized carbons (Fsp3) is 0. The number of aromatic nitrogens is 2. The maximum absolute atomic E-state index is 10.5. The van der Waals surface area contributed by atoms with Crippen LogP contribution in [0.1, 0.15) is 5.56 Å². The second-order valence-corrected chi connectivity index (χ2v) is 12.0. The smallest absolute Gasteiger partial charge is 0.137 e. The van der Waals surface area contributed by atoms with Crippen LogP contribution in [-0.4, -0.2) is 9.13 Å². The van der Waals surface area contributed by atoms with Crippen LogP contribution in [0.25, 0.3) is 88.1 Å². The average Bonchev–Trinajstić information content (AvgIpc) is 3.79. The molecule has 0 aliphatic rings. The summed E-state index contributed by atoms with van der Waals surface area (Å²) in [6.45, 7) is 0. The Labute approximate surface area is 269 Å². The molecule has 10 rings (SSSR count). The Bertz CT molecular complexity index is 2880. The van der Waals surface area contributed by atoms with Crippen LogP contribution in [0.3, 0.4) is 0 Å². The Morgan fingerprint density at radius 1 is 0.489 bits per heavy atom. The highest BCUT2D eigenvalue weighted by molar-refractivity contribution is 6.24. The third-order valence-electron chi connectivity index (χ3n) is 9.55. The second-order valence-electron chi connectivity index (χ2n) is 12.0. The molecule has 0 saturated heterocycles. The molecule has 0 radical (unpaired) electrons. The minimum Gasteiger partial charge on any atom is -0.456 e. The lowest BCUT2D eigenvalue weighted by molar-refractivity contribution is 0.669. The number of para-hydroxylation sites is 5. The summed E-state index contributed by atoms with van der Waals surface area (Å²) in [5, 5.41) is 17.4. The molecule has 3 heterocycles. The lowest BCUT2D eigenvalue weighted by Crippen LogP contribution is -2.01. The molecule has 0 spiro atoms. The van der Waals surface area contributed by atoms with Crippen molar-refractivity contribution in [3.05, 3.63) is 157 Å². The minimum absolute atomic E-state index is 0.628.